The quantitative estimate of drug-likeness (QED) is 0.703. The molecule has 4 heteroatoms. The Balaban J connectivity index is 2.51. The topological polar surface area (TPSA) is 52.6 Å². The second kappa shape index (κ2) is 6.78. The smallest absolute Gasteiger partial charge is 0.396 e. The molecule has 0 bridgehead atoms. The molecule has 0 saturated carbocycles. The maximum atomic E-state index is 11.2. The van der Waals surface area contributed by atoms with Gasteiger partial charge in [0.05, 0.1) is 0 Å². The fraction of sp³-hybridized carbons (Fsp3) is 0.786. The molecule has 0 fully saturated rings. The van der Waals surface area contributed by atoms with Gasteiger partial charge in [-0.2, -0.15) is 0 Å². The average Bonchev–Trinajstić information content (AvgIpc) is 2.56. The van der Waals surface area contributed by atoms with E-state index in [0.717, 1.165) is 38.7 Å². The third kappa shape index (κ3) is 5.54. The highest BCUT2D eigenvalue weighted by Gasteiger charge is 2.19. The van der Waals surface area contributed by atoms with Gasteiger partial charge >= 0.3 is 5.82 Å². The van der Waals surface area contributed by atoms with Crippen LogP contribution in [-0.2, 0) is 17.6 Å². The summed E-state index contributed by atoms with van der Waals surface area (Å²) in [5.74, 6) is 0.840. The van der Waals surface area contributed by atoms with Gasteiger partial charge in [0.25, 0.3) is 0 Å². The number of methoxy groups -OCH3 is 1. The summed E-state index contributed by atoms with van der Waals surface area (Å²) in [6.45, 7) is 7.12. The van der Waals surface area contributed by atoms with Crippen LogP contribution in [0.3, 0.4) is 0 Å². The van der Waals surface area contributed by atoms with Crippen LogP contribution in [0.25, 0.3) is 0 Å². The van der Waals surface area contributed by atoms with Gasteiger partial charge in [-0.05, 0) is 18.3 Å². The Bertz CT molecular complexity index is 395. The second-order valence-electron chi connectivity index (χ2n) is 5.84. The van der Waals surface area contributed by atoms with Gasteiger partial charge in [-0.1, -0.05) is 27.2 Å². The van der Waals surface area contributed by atoms with Gasteiger partial charge in [-0.25, -0.2) is 4.79 Å². The van der Waals surface area contributed by atoms with Crippen molar-refractivity contribution in [2.24, 2.45) is 5.41 Å². The van der Waals surface area contributed by atoms with Gasteiger partial charge in [0.1, 0.15) is 5.76 Å². The molecular weight excluding hydrogens is 232 g/mol. The summed E-state index contributed by atoms with van der Waals surface area (Å²) in [7, 11) is 1.70. The molecule has 0 spiro atoms. The first-order valence-electron chi connectivity index (χ1n) is 6.53. The molecule has 0 unspecified atom stereocenters. The minimum atomic E-state index is -0.582. The van der Waals surface area contributed by atoms with E-state index in [1.807, 2.05) is 0 Å². The molecule has 0 aliphatic carbocycles. The standard InChI is InChI=1S/C14H24O4/c1-14(2,3)10-12-11(17-13(15)18-12)8-6-5-7-9-16-4/h5-10H2,1-4H3. The van der Waals surface area contributed by atoms with Crippen molar-refractivity contribution in [3.63, 3.8) is 0 Å². The van der Waals surface area contributed by atoms with E-state index >= 15 is 0 Å². The third-order valence-electron chi connectivity index (χ3n) is 2.67. The molecule has 1 rings (SSSR count). The van der Waals surface area contributed by atoms with E-state index in [-0.39, 0.29) is 5.41 Å². The zero-order valence-corrected chi connectivity index (χ0v) is 11.9. The van der Waals surface area contributed by atoms with Crippen molar-refractivity contribution in [1.82, 2.24) is 0 Å². The first kappa shape index (κ1) is 15.0. The number of rotatable bonds is 7. The predicted molar refractivity (Wildman–Crippen MR) is 69.8 cm³/mol. The normalized spacial score (nSPS) is 12.0. The van der Waals surface area contributed by atoms with Crippen LogP contribution in [0.5, 0.6) is 0 Å². The van der Waals surface area contributed by atoms with Gasteiger partial charge in [-0.15, -0.1) is 0 Å². The van der Waals surface area contributed by atoms with Crippen LogP contribution in [0, 0.1) is 5.41 Å². The molecular formula is C14H24O4. The van der Waals surface area contributed by atoms with E-state index in [4.69, 9.17) is 13.6 Å². The molecule has 0 radical (unpaired) electrons. The van der Waals surface area contributed by atoms with Crippen molar-refractivity contribution >= 4 is 0 Å². The van der Waals surface area contributed by atoms with Crippen LogP contribution < -0.4 is 5.82 Å². The lowest BCUT2D eigenvalue weighted by Crippen LogP contribution is -2.10. The molecule has 0 N–H and O–H groups in total. The first-order chi connectivity index (χ1) is 8.42. The van der Waals surface area contributed by atoms with E-state index in [0.29, 0.717) is 11.5 Å². The largest absolute Gasteiger partial charge is 0.519 e. The summed E-state index contributed by atoms with van der Waals surface area (Å²) < 4.78 is 15.2. The van der Waals surface area contributed by atoms with E-state index in [2.05, 4.69) is 20.8 Å². The summed E-state index contributed by atoms with van der Waals surface area (Å²) in [5.41, 5.74) is 0.0879. The Morgan fingerprint density at radius 3 is 2.33 bits per heavy atom. The average molecular weight is 256 g/mol. The molecule has 1 aromatic rings. The van der Waals surface area contributed by atoms with Crippen molar-refractivity contribution in [2.75, 3.05) is 13.7 Å². The number of aryl methyl sites for hydroxylation is 1. The lowest BCUT2D eigenvalue weighted by Gasteiger charge is -2.15. The number of ether oxygens (including phenoxy) is 1. The predicted octanol–water partition coefficient (Wildman–Crippen LogP) is 3.18. The highest BCUT2D eigenvalue weighted by atomic mass is 16.6. The van der Waals surface area contributed by atoms with Gasteiger partial charge in [0.15, 0.2) is 5.76 Å². The molecule has 18 heavy (non-hydrogen) atoms. The lowest BCUT2D eigenvalue weighted by atomic mass is 9.90. The second-order valence-corrected chi connectivity index (χ2v) is 5.84. The van der Waals surface area contributed by atoms with Crippen molar-refractivity contribution in [1.29, 1.82) is 0 Å². The van der Waals surface area contributed by atoms with Crippen LogP contribution in [0.15, 0.2) is 13.6 Å². The zero-order chi connectivity index (χ0) is 13.6. The SMILES string of the molecule is COCCCCCc1oc(=O)oc1CC(C)(C)C. The Hall–Kier alpha value is -1.03. The molecule has 0 atom stereocenters. The Morgan fingerprint density at radius 1 is 1.06 bits per heavy atom. The number of unbranched alkanes of at least 4 members (excludes halogenated alkanes) is 2. The van der Waals surface area contributed by atoms with Crippen molar-refractivity contribution in [2.45, 2.75) is 52.9 Å². The monoisotopic (exact) mass is 256 g/mol. The Morgan fingerprint density at radius 2 is 1.72 bits per heavy atom. The molecule has 0 aromatic carbocycles. The minimum absolute atomic E-state index is 0.0879. The van der Waals surface area contributed by atoms with Crippen LogP contribution in [0.2, 0.25) is 0 Å². The summed E-state index contributed by atoms with van der Waals surface area (Å²) in [6, 6.07) is 0. The highest BCUT2D eigenvalue weighted by molar-refractivity contribution is 5.05. The maximum absolute atomic E-state index is 11.2. The summed E-state index contributed by atoms with van der Waals surface area (Å²) >= 11 is 0. The number of hydrogen-bond donors (Lipinski definition) is 0. The molecule has 1 aromatic heterocycles. The third-order valence-corrected chi connectivity index (χ3v) is 2.67. The van der Waals surface area contributed by atoms with Crippen LogP contribution in [0.4, 0.5) is 0 Å². The maximum Gasteiger partial charge on any atom is 0.519 e. The number of hydrogen-bond acceptors (Lipinski definition) is 4. The van der Waals surface area contributed by atoms with Crippen molar-refractivity contribution in [3.8, 4) is 0 Å². The summed E-state index contributed by atoms with van der Waals surface area (Å²) in [6.07, 6.45) is 4.58. The highest BCUT2D eigenvalue weighted by Crippen LogP contribution is 2.23. The molecule has 0 aliphatic heterocycles. The molecule has 0 amide bonds. The fourth-order valence-electron chi connectivity index (χ4n) is 1.85. The molecule has 0 aliphatic rings. The first-order valence-corrected chi connectivity index (χ1v) is 6.53. The van der Waals surface area contributed by atoms with Crippen molar-refractivity contribution < 1.29 is 13.6 Å². The van der Waals surface area contributed by atoms with Gasteiger partial charge in [0, 0.05) is 26.6 Å². The van der Waals surface area contributed by atoms with Crippen molar-refractivity contribution in [3.05, 3.63) is 22.1 Å². The Kier molecular flexibility index (Phi) is 5.66. The molecule has 0 saturated heterocycles. The fourth-order valence-corrected chi connectivity index (χ4v) is 1.85. The van der Waals surface area contributed by atoms with Gasteiger partial charge in [0.2, 0.25) is 0 Å². The van der Waals surface area contributed by atoms with Crippen LogP contribution in [-0.4, -0.2) is 13.7 Å². The minimum Gasteiger partial charge on any atom is -0.396 e. The molecule has 4 nitrogen and oxygen atoms in total. The van der Waals surface area contributed by atoms with E-state index in [9.17, 15) is 4.79 Å². The van der Waals surface area contributed by atoms with E-state index in [1.165, 1.54) is 0 Å². The van der Waals surface area contributed by atoms with Crippen LogP contribution in [0.1, 0.15) is 51.6 Å². The Labute approximate surface area is 108 Å². The van der Waals surface area contributed by atoms with Gasteiger partial charge < -0.3 is 13.6 Å². The molecule has 1 heterocycles. The zero-order valence-electron chi connectivity index (χ0n) is 11.9. The van der Waals surface area contributed by atoms with Crippen LogP contribution >= 0.6 is 0 Å². The molecule has 104 valence electrons. The summed E-state index contributed by atoms with van der Waals surface area (Å²) in [4.78, 5) is 11.2. The summed E-state index contributed by atoms with van der Waals surface area (Å²) in [5, 5.41) is 0. The van der Waals surface area contributed by atoms with E-state index in [1.54, 1.807) is 7.11 Å². The van der Waals surface area contributed by atoms with Gasteiger partial charge in [-0.3, -0.25) is 0 Å². The van der Waals surface area contributed by atoms with E-state index < -0.39 is 5.82 Å². The lowest BCUT2D eigenvalue weighted by molar-refractivity contribution is 0.192.